The number of aromatic amines is 1. The number of methoxy groups -OCH3 is 1. The maximum absolute atomic E-state index is 12.5. The zero-order valence-electron chi connectivity index (χ0n) is 14.0. The number of esters is 1. The summed E-state index contributed by atoms with van der Waals surface area (Å²) in [4.78, 5) is 36.3. The average molecular weight is 366 g/mol. The molecule has 4 rings (SSSR count). The molecule has 0 atom stereocenters. The van der Waals surface area contributed by atoms with Gasteiger partial charge in [-0.2, -0.15) is 0 Å². The highest BCUT2D eigenvalue weighted by atomic mass is 32.1. The number of fused-ring (bicyclic) bond motifs is 1. The van der Waals surface area contributed by atoms with Crippen LogP contribution in [0.3, 0.4) is 0 Å². The third-order valence-corrected chi connectivity index (χ3v) is 4.94. The van der Waals surface area contributed by atoms with Crippen molar-refractivity contribution in [2.45, 2.75) is 0 Å². The standard InChI is InChI=1S/C18H14N4O3S/c1-22-8-10(18(24)25-2)6-12(17(22)23)16-21-14(9-26-16)13-7-20-15-11(13)4-3-5-19-15/h3-9H,1-2H3,(H,19,20). The molecule has 4 heterocycles. The molecule has 0 aliphatic rings. The van der Waals surface area contributed by atoms with Gasteiger partial charge in [-0.05, 0) is 18.2 Å². The van der Waals surface area contributed by atoms with Crippen LogP contribution < -0.4 is 5.56 Å². The quantitative estimate of drug-likeness (QED) is 0.563. The van der Waals surface area contributed by atoms with E-state index in [4.69, 9.17) is 4.74 Å². The molecule has 4 aromatic heterocycles. The number of hydrogen-bond acceptors (Lipinski definition) is 6. The summed E-state index contributed by atoms with van der Waals surface area (Å²) in [5.41, 5.74) is 2.88. The molecule has 0 saturated heterocycles. The second-order valence-corrected chi connectivity index (χ2v) is 6.55. The molecule has 7 nitrogen and oxygen atoms in total. The Morgan fingerprint density at radius 2 is 2.19 bits per heavy atom. The van der Waals surface area contributed by atoms with Crippen LogP contribution in [0.25, 0.3) is 32.9 Å². The number of nitrogens with one attached hydrogen (secondary N) is 1. The molecule has 0 amide bonds. The third-order valence-electron chi connectivity index (χ3n) is 4.07. The number of thiazole rings is 1. The Bertz CT molecular complexity index is 1190. The van der Waals surface area contributed by atoms with Crippen molar-refractivity contribution in [3.05, 3.63) is 58.1 Å². The molecule has 0 saturated carbocycles. The zero-order valence-corrected chi connectivity index (χ0v) is 14.8. The topological polar surface area (TPSA) is 89.9 Å². The first-order chi connectivity index (χ1) is 12.6. The van der Waals surface area contributed by atoms with Crippen molar-refractivity contribution < 1.29 is 9.53 Å². The molecule has 0 spiro atoms. The SMILES string of the molecule is COC(=O)c1cc(-c2nc(-c3c[nH]c4ncccc34)cs2)c(=O)n(C)c1. The molecule has 0 aliphatic carbocycles. The highest BCUT2D eigenvalue weighted by Crippen LogP contribution is 2.31. The van der Waals surface area contributed by atoms with Crippen LogP contribution in [0, 0.1) is 0 Å². The summed E-state index contributed by atoms with van der Waals surface area (Å²) in [5, 5.41) is 3.39. The number of H-pyrrole nitrogens is 1. The van der Waals surface area contributed by atoms with Crippen molar-refractivity contribution in [1.82, 2.24) is 19.5 Å². The van der Waals surface area contributed by atoms with Gasteiger partial charge in [-0.25, -0.2) is 14.8 Å². The van der Waals surface area contributed by atoms with Crippen LogP contribution in [-0.2, 0) is 11.8 Å². The Kier molecular flexibility index (Phi) is 3.89. The largest absolute Gasteiger partial charge is 0.465 e. The maximum Gasteiger partial charge on any atom is 0.339 e. The molecule has 8 heteroatoms. The summed E-state index contributed by atoms with van der Waals surface area (Å²) in [6.45, 7) is 0. The van der Waals surface area contributed by atoms with Crippen LogP contribution in [0.1, 0.15) is 10.4 Å². The summed E-state index contributed by atoms with van der Waals surface area (Å²) >= 11 is 1.35. The summed E-state index contributed by atoms with van der Waals surface area (Å²) < 4.78 is 6.11. The predicted molar refractivity (Wildman–Crippen MR) is 99.2 cm³/mol. The van der Waals surface area contributed by atoms with Crippen molar-refractivity contribution in [3.63, 3.8) is 0 Å². The fraction of sp³-hybridized carbons (Fsp3) is 0.111. The minimum absolute atomic E-state index is 0.223. The Hall–Kier alpha value is -3.26. The average Bonchev–Trinajstić information content (AvgIpc) is 3.29. The van der Waals surface area contributed by atoms with Gasteiger partial charge in [-0.3, -0.25) is 4.79 Å². The number of pyridine rings is 2. The molecule has 0 bridgehead atoms. The fourth-order valence-corrected chi connectivity index (χ4v) is 3.61. The highest BCUT2D eigenvalue weighted by Gasteiger charge is 2.17. The van der Waals surface area contributed by atoms with Gasteiger partial charge in [-0.1, -0.05) is 0 Å². The summed E-state index contributed by atoms with van der Waals surface area (Å²) in [7, 11) is 2.90. The number of hydrogen-bond donors (Lipinski definition) is 1. The predicted octanol–water partition coefficient (Wildman–Crippen LogP) is 2.84. The van der Waals surface area contributed by atoms with E-state index in [0.29, 0.717) is 16.1 Å². The van der Waals surface area contributed by atoms with Crippen molar-refractivity contribution in [1.29, 1.82) is 0 Å². The second kappa shape index (κ2) is 6.23. The minimum atomic E-state index is -0.499. The smallest absolute Gasteiger partial charge is 0.339 e. The lowest BCUT2D eigenvalue weighted by Gasteiger charge is -2.05. The van der Waals surface area contributed by atoms with Gasteiger partial charge in [-0.15, -0.1) is 11.3 Å². The van der Waals surface area contributed by atoms with E-state index in [9.17, 15) is 9.59 Å². The number of rotatable bonds is 3. The monoisotopic (exact) mass is 366 g/mol. The van der Waals surface area contributed by atoms with Crippen molar-refractivity contribution in [3.8, 4) is 21.8 Å². The molecule has 26 heavy (non-hydrogen) atoms. The van der Waals surface area contributed by atoms with Crippen LogP contribution >= 0.6 is 11.3 Å². The van der Waals surface area contributed by atoms with Crippen LogP contribution in [-0.4, -0.2) is 32.6 Å². The van der Waals surface area contributed by atoms with E-state index in [1.54, 1.807) is 13.2 Å². The van der Waals surface area contributed by atoms with E-state index < -0.39 is 5.97 Å². The minimum Gasteiger partial charge on any atom is -0.465 e. The highest BCUT2D eigenvalue weighted by molar-refractivity contribution is 7.13. The first kappa shape index (κ1) is 16.2. The summed E-state index contributed by atoms with van der Waals surface area (Å²) in [6.07, 6.45) is 5.02. The van der Waals surface area contributed by atoms with Gasteiger partial charge in [0.1, 0.15) is 10.7 Å². The first-order valence-corrected chi connectivity index (χ1v) is 8.64. The first-order valence-electron chi connectivity index (χ1n) is 7.76. The number of carbonyl (C=O) groups excluding carboxylic acids is 1. The van der Waals surface area contributed by atoms with E-state index in [-0.39, 0.29) is 5.56 Å². The number of nitrogens with zero attached hydrogens (tertiary/aromatic N) is 3. The van der Waals surface area contributed by atoms with Gasteiger partial charge in [0.25, 0.3) is 5.56 Å². The van der Waals surface area contributed by atoms with E-state index >= 15 is 0 Å². The van der Waals surface area contributed by atoms with Gasteiger partial charge in [0.05, 0.1) is 23.9 Å². The van der Waals surface area contributed by atoms with Gasteiger partial charge in [0.15, 0.2) is 0 Å². The lowest BCUT2D eigenvalue weighted by Crippen LogP contribution is -2.20. The van der Waals surface area contributed by atoms with Gasteiger partial charge >= 0.3 is 5.97 Å². The Morgan fingerprint density at radius 1 is 1.35 bits per heavy atom. The van der Waals surface area contributed by atoms with Gasteiger partial charge < -0.3 is 14.3 Å². The molecular formula is C18H14N4O3S. The van der Waals surface area contributed by atoms with E-state index in [2.05, 4.69) is 15.0 Å². The molecule has 0 fully saturated rings. The van der Waals surface area contributed by atoms with Crippen LogP contribution in [0.5, 0.6) is 0 Å². The van der Waals surface area contributed by atoms with E-state index in [0.717, 1.165) is 22.3 Å². The Labute approximate surface area is 151 Å². The van der Waals surface area contributed by atoms with Crippen LogP contribution in [0.15, 0.2) is 47.0 Å². The molecule has 130 valence electrons. The molecule has 0 radical (unpaired) electrons. The van der Waals surface area contributed by atoms with Gasteiger partial charge in [0.2, 0.25) is 0 Å². The third kappa shape index (κ3) is 2.60. The molecule has 0 unspecified atom stereocenters. The van der Waals surface area contributed by atoms with E-state index in [1.165, 1.54) is 35.3 Å². The zero-order chi connectivity index (χ0) is 18.3. The number of ether oxygens (including phenoxy) is 1. The van der Waals surface area contributed by atoms with Crippen molar-refractivity contribution in [2.75, 3.05) is 7.11 Å². The maximum atomic E-state index is 12.5. The Morgan fingerprint density at radius 3 is 3.00 bits per heavy atom. The molecule has 0 aromatic carbocycles. The van der Waals surface area contributed by atoms with Crippen molar-refractivity contribution >= 4 is 28.3 Å². The normalized spacial score (nSPS) is 11.0. The lowest BCUT2D eigenvalue weighted by molar-refractivity contribution is 0.0600. The number of carbonyl (C=O) groups is 1. The molecular weight excluding hydrogens is 352 g/mol. The molecule has 1 N–H and O–H groups in total. The van der Waals surface area contributed by atoms with E-state index in [1.807, 2.05) is 23.7 Å². The molecule has 4 aromatic rings. The van der Waals surface area contributed by atoms with Crippen LogP contribution in [0.4, 0.5) is 0 Å². The number of aryl methyl sites for hydroxylation is 1. The second-order valence-electron chi connectivity index (χ2n) is 5.69. The molecule has 0 aliphatic heterocycles. The number of aromatic nitrogens is 4. The van der Waals surface area contributed by atoms with Gasteiger partial charge in [0, 0.05) is 42.0 Å². The Balaban J connectivity index is 1.83. The van der Waals surface area contributed by atoms with Crippen molar-refractivity contribution in [2.24, 2.45) is 7.05 Å². The fourth-order valence-electron chi connectivity index (χ4n) is 2.78. The van der Waals surface area contributed by atoms with Crippen LogP contribution in [0.2, 0.25) is 0 Å². The lowest BCUT2D eigenvalue weighted by atomic mass is 10.1. The summed E-state index contributed by atoms with van der Waals surface area (Å²) in [6, 6.07) is 5.35. The summed E-state index contributed by atoms with van der Waals surface area (Å²) in [5.74, 6) is -0.499.